The van der Waals surface area contributed by atoms with Gasteiger partial charge in [0.15, 0.2) is 0 Å². The number of aromatic nitrogens is 2. The van der Waals surface area contributed by atoms with Crippen LogP contribution in [0.15, 0.2) is 24.0 Å². The maximum absolute atomic E-state index is 12.6. The number of piperidine rings is 1. The molecule has 5 nitrogen and oxygen atoms in total. The number of aliphatic hydroxyl groups is 1. The predicted molar refractivity (Wildman–Crippen MR) is 88.6 cm³/mol. The van der Waals surface area contributed by atoms with Crippen molar-refractivity contribution >= 4 is 5.91 Å². The molecule has 1 aromatic heterocycles. The van der Waals surface area contributed by atoms with E-state index in [0.717, 1.165) is 32.2 Å². The highest BCUT2D eigenvalue weighted by Gasteiger charge is 2.31. The van der Waals surface area contributed by atoms with E-state index in [1.807, 2.05) is 22.7 Å². The number of aryl methyl sites for hydroxylation is 1. The van der Waals surface area contributed by atoms with Crippen molar-refractivity contribution in [3.05, 3.63) is 29.9 Å². The molecule has 2 atom stereocenters. The second-order valence-corrected chi connectivity index (χ2v) is 6.87. The molecule has 1 N–H and O–H groups in total. The maximum Gasteiger partial charge on any atom is 0.226 e. The van der Waals surface area contributed by atoms with Crippen LogP contribution < -0.4 is 0 Å². The molecule has 1 aliphatic heterocycles. The van der Waals surface area contributed by atoms with E-state index in [0.29, 0.717) is 18.8 Å². The summed E-state index contributed by atoms with van der Waals surface area (Å²) < 4.78 is 1.86. The lowest BCUT2D eigenvalue weighted by Crippen LogP contribution is -2.42. The molecule has 2 aliphatic rings. The third-order valence-corrected chi connectivity index (χ3v) is 5.14. The molecule has 2 heterocycles. The lowest BCUT2D eigenvalue weighted by atomic mass is 9.91. The normalized spacial score (nSPS) is 23.5. The van der Waals surface area contributed by atoms with Crippen LogP contribution in [0.1, 0.15) is 56.9 Å². The summed E-state index contributed by atoms with van der Waals surface area (Å²) in [5, 5.41) is 10.6. The number of carbonyl (C=O) groups is 1. The summed E-state index contributed by atoms with van der Waals surface area (Å²) in [6.07, 6.45) is 12.3. The smallest absolute Gasteiger partial charge is 0.226 e. The maximum atomic E-state index is 12.6. The van der Waals surface area contributed by atoms with Crippen molar-refractivity contribution in [1.82, 2.24) is 14.5 Å². The number of carbonyl (C=O) groups excluding carboxylic acids is 1. The van der Waals surface area contributed by atoms with Gasteiger partial charge in [-0.3, -0.25) is 4.79 Å². The Morgan fingerprint density at radius 1 is 1.43 bits per heavy atom. The van der Waals surface area contributed by atoms with Crippen LogP contribution >= 0.6 is 0 Å². The predicted octanol–water partition coefficient (Wildman–Crippen LogP) is 2.58. The molecule has 1 aromatic rings. The fourth-order valence-electron chi connectivity index (χ4n) is 3.74. The Kier molecular flexibility index (Phi) is 5.16. The minimum absolute atomic E-state index is 0.0779. The minimum atomic E-state index is -0.598. The van der Waals surface area contributed by atoms with E-state index in [-0.39, 0.29) is 11.8 Å². The first-order valence-corrected chi connectivity index (χ1v) is 8.76. The monoisotopic (exact) mass is 317 g/mol. The van der Waals surface area contributed by atoms with E-state index >= 15 is 0 Å². The first kappa shape index (κ1) is 16.2. The van der Waals surface area contributed by atoms with Crippen LogP contribution in [0.3, 0.4) is 0 Å². The van der Waals surface area contributed by atoms with Crippen molar-refractivity contribution in [2.24, 2.45) is 13.0 Å². The number of nitrogens with zero attached hydrogens (tertiary/aromatic N) is 3. The van der Waals surface area contributed by atoms with Gasteiger partial charge in [-0.1, -0.05) is 11.6 Å². The summed E-state index contributed by atoms with van der Waals surface area (Å²) in [5.74, 6) is 0.989. The van der Waals surface area contributed by atoms with Crippen LogP contribution in [0.25, 0.3) is 0 Å². The quantitative estimate of drug-likeness (QED) is 0.868. The van der Waals surface area contributed by atoms with E-state index < -0.39 is 6.10 Å². The Balaban J connectivity index is 1.60. The molecule has 0 aromatic carbocycles. The number of hydrogen-bond donors (Lipinski definition) is 1. The van der Waals surface area contributed by atoms with Gasteiger partial charge in [-0.2, -0.15) is 0 Å². The van der Waals surface area contributed by atoms with Gasteiger partial charge in [0.2, 0.25) is 5.91 Å². The Bertz CT molecular complexity index is 579. The molecule has 0 bridgehead atoms. The van der Waals surface area contributed by atoms with Gasteiger partial charge in [0, 0.05) is 44.9 Å². The topological polar surface area (TPSA) is 58.4 Å². The zero-order chi connectivity index (χ0) is 16.2. The molecule has 0 radical (unpaired) electrons. The van der Waals surface area contributed by atoms with Crippen molar-refractivity contribution in [2.75, 3.05) is 13.1 Å². The number of allylic oxidation sites excluding steroid dienone is 1. The van der Waals surface area contributed by atoms with Crippen LogP contribution in [-0.2, 0) is 11.8 Å². The van der Waals surface area contributed by atoms with E-state index in [1.165, 1.54) is 18.4 Å². The molecule has 0 saturated carbocycles. The first-order valence-electron chi connectivity index (χ1n) is 8.76. The lowest BCUT2D eigenvalue weighted by Gasteiger charge is -2.35. The van der Waals surface area contributed by atoms with E-state index in [9.17, 15) is 9.90 Å². The molecule has 1 amide bonds. The molecular weight excluding hydrogens is 290 g/mol. The highest BCUT2D eigenvalue weighted by atomic mass is 16.3. The fraction of sp³-hybridized carbons (Fsp3) is 0.667. The number of hydrogen-bond acceptors (Lipinski definition) is 3. The van der Waals surface area contributed by atoms with Gasteiger partial charge in [-0.15, -0.1) is 0 Å². The highest BCUT2D eigenvalue weighted by molar-refractivity contribution is 5.78. The van der Waals surface area contributed by atoms with Crippen molar-refractivity contribution < 1.29 is 9.90 Å². The summed E-state index contributed by atoms with van der Waals surface area (Å²) in [6.45, 7) is 1.45. The molecule has 0 spiro atoms. The zero-order valence-corrected chi connectivity index (χ0v) is 13.9. The molecule has 1 saturated heterocycles. The van der Waals surface area contributed by atoms with E-state index in [4.69, 9.17) is 0 Å². The second kappa shape index (κ2) is 7.30. The molecule has 2 unspecified atom stereocenters. The summed E-state index contributed by atoms with van der Waals surface area (Å²) in [6, 6.07) is 0. The number of aliphatic hydroxyl groups excluding tert-OH is 1. The van der Waals surface area contributed by atoms with Gasteiger partial charge < -0.3 is 14.6 Å². The number of rotatable bonds is 4. The molecule has 23 heavy (non-hydrogen) atoms. The van der Waals surface area contributed by atoms with Crippen molar-refractivity contribution in [2.45, 2.75) is 51.0 Å². The average molecular weight is 317 g/mol. The largest absolute Gasteiger partial charge is 0.385 e. The van der Waals surface area contributed by atoms with Crippen LogP contribution in [0.4, 0.5) is 0 Å². The van der Waals surface area contributed by atoms with Gasteiger partial charge in [-0.05, 0) is 38.5 Å². The Morgan fingerprint density at radius 2 is 2.30 bits per heavy atom. The van der Waals surface area contributed by atoms with Crippen molar-refractivity contribution in [3.63, 3.8) is 0 Å². The Morgan fingerprint density at radius 3 is 3.00 bits per heavy atom. The average Bonchev–Trinajstić information content (AvgIpc) is 3.01. The molecular formula is C18H27N3O2. The number of imidazole rings is 1. The molecule has 5 heteroatoms. The Hall–Kier alpha value is -1.62. The third kappa shape index (κ3) is 3.83. The summed E-state index contributed by atoms with van der Waals surface area (Å²) in [7, 11) is 1.90. The fourth-order valence-corrected chi connectivity index (χ4v) is 3.74. The van der Waals surface area contributed by atoms with Gasteiger partial charge in [0.1, 0.15) is 11.9 Å². The van der Waals surface area contributed by atoms with Crippen LogP contribution in [0, 0.1) is 5.92 Å². The second-order valence-electron chi connectivity index (χ2n) is 6.87. The molecule has 3 rings (SSSR count). The summed E-state index contributed by atoms with van der Waals surface area (Å²) in [5.41, 5.74) is 1.30. The molecule has 126 valence electrons. The highest BCUT2D eigenvalue weighted by Crippen LogP contribution is 2.30. The van der Waals surface area contributed by atoms with Gasteiger partial charge in [-0.25, -0.2) is 4.98 Å². The van der Waals surface area contributed by atoms with Gasteiger partial charge in [0.05, 0.1) is 0 Å². The SMILES string of the molecule is Cn1ccnc1C(O)C1CCCN(C(=O)CC2=CCCCC2)C1. The van der Waals surface area contributed by atoms with Crippen LogP contribution in [-0.4, -0.2) is 38.6 Å². The van der Waals surface area contributed by atoms with Crippen molar-refractivity contribution in [1.29, 1.82) is 0 Å². The van der Waals surface area contributed by atoms with Crippen LogP contribution in [0.5, 0.6) is 0 Å². The molecule has 1 fully saturated rings. The number of amides is 1. The van der Waals surface area contributed by atoms with Crippen LogP contribution in [0.2, 0.25) is 0 Å². The molecule has 1 aliphatic carbocycles. The first-order chi connectivity index (χ1) is 11.1. The minimum Gasteiger partial charge on any atom is -0.385 e. The number of likely N-dealkylation sites (tertiary alicyclic amines) is 1. The van der Waals surface area contributed by atoms with Gasteiger partial charge >= 0.3 is 0 Å². The summed E-state index contributed by atoms with van der Waals surface area (Å²) >= 11 is 0. The van der Waals surface area contributed by atoms with Crippen molar-refractivity contribution in [3.8, 4) is 0 Å². The lowest BCUT2D eigenvalue weighted by molar-refractivity contribution is -0.133. The van der Waals surface area contributed by atoms with E-state index in [2.05, 4.69) is 11.1 Å². The van der Waals surface area contributed by atoms with Gasteiger partial charge in [0.25, 0.3) is 0 Å². The Labute approximate surface area is 138 Å². The zero-order valence-electron chi connectivity index (χ0n) is 13.9. The van der Waals surface area contributed by atoms with E-state index in [1.54, 1.807) is 6.20 Å². The third-order valence-electron chi connectivity index (χ3n) is 5.14. The summed E-state index contributed by atoms with van der Waals surface area (Å²) in [4.78, 5) is 18.8. The standard InChI is InChI=1S/C18H27N3O2/c1-20-11-9-19-18(20)17(23)15-8-5-10-21(13-15)16(22)12-14-6-3-2-4-7-14/h6,9,11,15,17,23H,2-5,7-8,10,12-13H2,1H3.